The zero-order valence-corrected chi connectivity index (χ0v) is 18.8. The van der Waals surface area contributed by atoms with Gasteiger partial charge in [-0.05, 0) is 56.9 Å². The predicted octanol–water partition coefficient (Wildman–Crippen LogP) is 4.44. The first-order valence-electron chi connectivity index (χ1n) is 11.4. The number of piperidine rings is 1. The number of hydrogen-bond acceptors (Lipinski definition) is 4. The minimum Gasteiger partial charge on any atom is -0.397 e. The van der Waals surface area contributed by atoms with Crippen LogP contribution in [-0.2, 0) is 4.79 Å². The molecule has 6 nitrogen and oxygen atoms in total. The summed E-state index contributed by atoms with van der Waals surface area (Å²) in [6.07, 6.45) is 5.77. The summed E-state index contributed by atoms with van der Waals surface area (Å²) >= 11 is 0. The van der Waals surface area contributed by atoms with E-state index < -0.39 is 5.82 Å². The number of carbonyl (C=O) groups is 2. The highest BCUT2D eigenvalue weighted by Crippen LogP contribution is 2.28. The molecule has 0 aliphatic carbocycles. The SMILES string of the molecule is Cc1ccc(C(=O)NCCCCCC(=O)N(c2cc(F)ccc2N)N2CCCCC2)cc1. The zero-order chi connectivity index (χ0) is 22.9. The van der Waals surface area contributed by atoms with Crippen molar-refractivity contribution in [2.75, 3.05) is 30.4 Å². The second-order valence-electron chi connectivity index (χ2n) is 8.36. The molecule has 1 fully saturated rings. The first kappa shape index (κ1) is 23.7. The third-order valence-corrected chi connectivity index (χ3v) is 5.74. The summed E-state index contributed by atoms with van der Waals surface area (Å²) in [6, 6.07) is 11.6. The third-order valence-electron chi connectivity index (χ3n) is 5.74. The van der Waals surface area contributed by atoms with E-state index in [1.807, 2.05) is 36.2 Å². The Kier molecular flexibility index (Phi) is 8.62. The van der Waals surface area contributed by atoms with Gasteiger partial charge in [-0.3, -0.25) is 9.59 Å². The fraction of sp³-hybridized carbons (Fsp3) is 0.440. The Bertz CT molecular complexity index is 911. The molecule has 0 unspecified atom stereocenters. The van der Waals surface area contributed by atoms with Crippen molar-refractivity contribution in [3.05, 3.63) is 59.4 Å². The van der Waals surface area contributed by atoms with Gasteiger partial charge in [0.1, 0.15) is 5.82 Å². The Labute approximate surface area is 189 Å². The molecule has 0 saturated carbocycles. The van der Waals surface area contributed by atoms with Crippen molar-refractivity contribution < 1.29 is 14.0 Å². The standard InChI is InChI=1S/C25H33FN4O2/c1-19-9-11-20(12-10-19)25(32)28-15-5-2-4-8-24(31)30(29-16-6-3-7-17-29)23-18-21(26)13-14-22(23)27/h9-14,18H,2-8,15-17,27H2,1H3,(H,28,32). The van der Waals surface area contributed by atoms with Crippen molar-refractivity contribution in [2.45, 2.75) is 51.9 Å². The molecule has 1 saturated heterocycles. The number of hydrazine groups is 1. The lowest BCUT2D eigenvalue weighted by Crippen LogP contribution is -2.49. The van der Waals surface area contributed by atoms with Crippen LogP contribution in [0.4, 0.5) is 15.8 Å². The summed E-state index contributed by atoms with van der Waals surface area (Å²) in [5.74, 6) is -0.569. The van der Waals surface area contributed by atoms with Crippen molar-refractivity contribution in [1.29, 1.82) is 0 Å². The van der Waals surface area contributed by atoms with Crippen LogP contribution in [0.2, 0.25) is 0 Å². The molecule has 7 heteroatoms. The molecule has 1 aliphatic heterocycles. The maximum atomic E-state index is 13.9. The van der Waals surface area contributed by atoms with Gasteiger partial charge in [0.25, 0.3) is 5.91 Å². The largest absolute Gasteiger partial charge is 0.397 e. The van der Waals surface area contributed by atoms with Gasteiger partial charge >= 0.3 is 0 Å². The van der Waals surface area contributed by atoms with Crippen LogP contribution in [0.15, 0.2) is 42.5 Å². The normalized spacial score (nSPS) is 14.2. The molecule has 0 spiro atoms. The van der Waals surface area contributed by atoms with Gasteiger partial charge in [0.05, 0.1) is 11.4 Å². The molecule has 1 aliphatic rings. The van der Waals surface area contributed by atoms with Gasteiger partial charge in [-0.1, -0.05) is 30.5 Å². The van der Waals surface area contributed by atoms with Crippen LogP contribution in [0.5, 0.6) is 0 Å². The average molecular weight is 441 g/mol. The predicted molar refractivity (Wildman–Crippen MR) is 126 cm³/mol. The number of rotatable bonds is 9. The number of halogens is 1. The summed E-state index contributed by atoms with van der Waals surface area (Å²) < 4.78 is 13.9. The molecular formula is C25H33FN4O2. The Morgan fingerprint density at radius 3 is 2.47 bits per heavy atom. The Morgan fingerprint density at radius 1 is 1.03 bits per heavy atom. The number of benzene rings is 2. The lowest BCUT2D eigenvalue weighted by Gasteiger charge is -2.38. The number of nitrogens with two attached hydrogens (primary N) is 1. The van der Waals surface area contributed by atoms with Crippen LogP contribution in [0.1, 0.15) is 60.9 Å². The summed E-state index contributed by atoms with van der Waals surface area (Å²) in [4.78, 5) is 25.3. The monoisotopic (exact) mass is 440 g/mol. The van der Waals surface area contributed by atoms with Crippen LogP contribution in [-0.4, -0.2) is 36.5 Å². The van der Waals surface area contributed by atoms with Gasteiger partial charge in [-0.25, -0.2) is 14.4 Å². The van der Waals surface area contributed by atoms with E-state index in [4.69, 9.17) is 5.73 Å². The number of nitrogen functional groups attached to an aromatic ring is 1. The minimum absolute atomic E-state index is 0.0760. The Morgan fingerprint density at radius 2 is 1.75 bits per heavy atom. The van der Waals surface area contributed by atoms with E-state index in [-0.39, 0.29) is 11.8 Å². The van der Waals surface area contributed by atoms with Crippen molar-refractivity contribution in [3.8, 4) is 0 Å². The number of nitrogens with zero attached hydrogens (tertiary/aromatic N) is 2. The van der Waals surface area contributed by atoms with E-state index in [2.05, 4.69) is 5.32 Å². The summed E-state index contributed by atoms with van der Waals surface area (Å²) in [5.41, 5.74) is 8.66. The average Bonchev–Trinajstić information content (AvgIpc) is 2.79. The highest BCUT2D eigenvalue weighted by Gasteiger charge is 2.26. The van der Waals surface area contributed by atoms with Crippen molar-refractivity contribution >= 4 is 23.2 Å². The Balaban J connectivity index is 1.49. The first-order chi connectivity index (χ1) is 15.5. The fourth-order valence-electron chi connectivity index (χ4n) is 3.91. The van der Waals surface area contributed by atoms with E-state index in [1.165, 1.54) is 18.2 Å². The lowest BCUT2D eigenvalue weighted by atomic mass is 10.1. The highest BCUT2D eigenvalue weighted by molar-refractivity contribution is 5.95. The van der Waals surface area contributed by atoms with Gasteiger partial charge < -0.3 is 11.1 Å². The molecule has 32 heavy (non-hydrogen) atoms. The molecule has 2 amide bonds. The second kappa shape index (κ2) is 11.6. The van der Waals surface area contributed by atoms with Crippen LogP contribution in [0.3, 0.4) is 0 Å². The molecule has 2 aromatic carbocycles. The van der Waals surface area contributed by atoms with E-state index in [0.29, 0.717) is 36.3 Å². The second-order valence-corrected chi connectivity index (χ2v) is 8.36. The van der Waals surface area contributed by atoms with Crippen LogP contribution >= 0.6 is 0 Å². The van der Waals surface area contributed by atoms with E-state index >= 15 is 0 Å². The number of amides is 2. The lowest BCUT2D eigenvalue weighted by molar-refractivity contribution is -0.122. The number of nitrogens with one attached hydrogen (secondary N) is 1. The third kappa shape index (κ3) is 6.53. The topological polar surface area (TPSA) is 78.7 Å². The van der Waals surface area contributed by atoms with Gasteiger partial charge in [-0.15, -0.1) is 0 Å². The van der Waals surface area contributed by atoms with Crippen molar-refractivity contribution in [3.63, 3.8) is 0 Å². The number of carbonyl (C=O) groups excluding carboxylic acids is 2. The van der Waals surface area contributed by atoms with Crippen molar-refractivity contribution in [1.82, 2.24) is 10.3 Å². The minimum atomic E-state index is -0.409. The number of aryl methyl sites for hydroxylation is 1. The maximum absolute atomic E-state index is 13.9. The molecule has 172 valence electrons. The molecule has 2 aromatic rings. The van der Waals surface area contributed by atoms with Gasteiger partial charge in [0.15, 0.2) is 0 Å². The van der Waals surface area contributed by atoms with Crippen molar-refractivity contribution in [2.24, 2.45) is 0 Å². The van der Waals surface area contributed by atoms with Gasteiger partial charge in [0, 0.05) is 37.7 Å². The highest BCUT2D eigenvalue weighted by atomic mass is 19.1. The van der Waals surface area contributed by atoms with Crippen LogP contribution in [0.25, 0.3) is 0 Å². The quantitative estimate of drug-likeness (QED) is 0.446. The fourth-order valence-corrected chi connectivity index (χ4v) is 3.91. The first-order valence-corrected chi connectivity index (χ1v) is 11.4. The number of unbranched alkanes of at least 4 members (excludes halogenated alkanes) is 2. The van der Waals surface area contributed by atoms with Crippen LogP contribution in [0, 0.1) is 12.7 Å². The smallest absolute Gasteiger partial charge is 0.251 e. The molecular weight excluding hydrogens is 407 g/mol. The van der Waals surface area contributed by atoms with Gasteiger partial charge in [0.2, 0.25) is 5.91 Å². The Hall–Kier alpha value is -2.93. The molecule has 0 aromatic heterocycles. The van der Waals surface area contributed by atoms with Crippen LogP contribution < -0.4 is 16.1 Å². The van der Waals surface area contributed by atoms with E-state index in [1.54, 1.807) is 5.01 Å². The maximum Gasteiger partial charge on any atom is 0.251 e. The summed E-state index contributed by atoms with van der Waals surface area (Å²) in [5, 5.41) is 6.48. The molecule has 0 radical (unpaired) electrons. The molecule has 0 bridgehead atoms. The number of hydrogen-bond donors (Lipinski definition) is 2. The summed E-state index contributed by atoms with van der Waals surface area (Å²) in [6.45, 7) is 4.06. The summed E-state index contributed by atoms with van der Waals surface area (Å²) in [7, 11) is 0. The van der Waals surface area contributed by atoms with E-state index in [0.717, 1.165) is 50.8 Å². The molecule has 1 heterocycles. The van der Waals surface area contributed by atoms with Gasteiger partial charge in [-0.2, -0.15) is 0 Å². The molecule has 0 atom stereocenters. The number of anilines is 2. The molecule has 3 rings (SSSR count). The molecule has 3 N–H and O–H groups in total. The zero-order valence-electron chi connectivity index (χ0n) is 18.8. The van der Waals surface area contributed by atoms with E-state index in [9.17, 15) is 14.0 Å².